The number of hydrogen-bond acceptors (Lipinski definition) is 6. The van der Waals surface area contributed by atoms with Gasteiger partial charge < -0.3 is 9.64 Å². The van der Waals surface area contributed by atoms with Crippen LogP contribution in [0.5, 0.6) is 0 Å². The van der Waals surface area contributed by atoms with Crippen molar-refractivity contribution in [2.75, 3.05) is 26.3 Å². The molecule has 3 rings (SSSR count). The molecule has 0 spiro atoms. The summed E-state index contributed by atoms with van der Waals surface area (Å²) in [5.74, 6) is 0.271. The number of hydrogen-bond donors (Lipinski definition) is 0. The van der Waals surface area contributed by atoms with Gasteiger partial charge in [-0.2, -0.15) is 0 Å². The topological polar surface area (TPSA) is 68.2 Å². The highest BCUT2D eigenvalue weighted by molar-refractivity contribution is 7.11. The van der Waals surface area contributed by atoms with Crippen LogP contribution in [-0.2, 0) is 11.2 Å². The van der Waals surface area contributed by atoms with Crippen LogP contribution in [0.15, 0.2) is 30.3 Å². The van der Waals surface area contributed by atoms with Crippen LogP contribution in [0, 0.1) is 5.92 Å². The number of carbonyl (C=O) groups excluding carboxylic acids is 1. The zero-order chi connectivity index (χ0) is 14.5. The quantitative estimate of drug-likeness (QED) is 0.854. The number of amides is 1. The van der Waals surface area contributed by atoms with Crippen LogP contribution in [0.2, 0.25) is 0 Å². The maximum atomic E-state index is 12.4. The Morgan fingerprint density at radius 1 is 1.38 bits per heavy atom. The minimum atomic E-state index is 0.0344. The Labute approximate surface area is 126 Å². The Hall–Kier alpha value is -1.86. The molecule has 1 atom stereocenters. The Morgan fingerprint density at radius 2 is 2.33 bits per heavy atom. The molecule has 3 heterocycles. The number of carbonyl (C=O) groups is 1. The van der Waals surface area contributed by atoms with E-state index in [9.17, 15) is 4.79 Å². The number of nitrogens with zero attached hydrogens (tertiary/aromatic N) is 4. The first kappa shape index (κ1) is 14.1. The van der Waals surface area contributed by atoms with Crippen molar-refractivity contribution in [1.82, 2.24) is 19.9 Å². The molecule has 1 aliphatic rings. The SMILES string of the molecule is O=C(c1cncs1)N1CCOCC(Cc2cnccn2)C1. The van der Waals surface area contributed by atoms with Crippen LogP contribution >= 0.6 is 11.3 Å². The van der Waals surface area contributed by atoms with Crippen molar-refractivity contribution in [1.29, 1.82) is 0 Å². The summed E-state index contributed by atoms with van der Waals surface area (Å²) < 4.78 is 5.62. The lowest BCUT2D eigenvalue weighted by Gasteiger charge is -2.22. The van der Waals surface area contributed by atoms with Crippen LogP contribution < -0.4 is 0 Å². The van der Waals surface area contributed by atoms with Crippen LogP contribution in [0.3, 0.4) is 0 Å². The minimum absolute atomic E-state index is 0.0344. The predicted octanol–water partition coefficient (Wildman–Crippen LogP) is 1.26. The molecule has 1 aliphatic heterocycles. The molecule has 0 radical (unpaired) electrons. The van der Waals surface area contributed by atoms with Gasteiger partial charge in [-0.3, -0.25) is 19.7 Å². The molecule has 6 nitrogen and oxygen atoms in total. The van der Waals surface area contributed by atoms with Gasteiger partial charge in [0.05, 0.1) is 30.6 Å². The van der Waals surface area contributed by atoms with Gasteiger partial charge in [0.15, 0.2) is 0 Å². The first-order valence-corrected chi connectivity index (χ1v) is 7.71. The van der Waals surface area contributed by atoms with Gasteiger partial charge in [0, 0.05) is 37.6 Å². The van der Waals surface area contributed by atoms with Gasteiger partial charge in [-0.05, 0) is 6.42 Å². The maximum absolute atomic E-state index is 12.4. The second kappa shape index (κ2) is 6.73. The van der Waals surface area contributed by atoms with E-state index in [1.807, 2.05) is 4.90 Å². The summed E-state index contributed by atoms with van der Waals surface area (Å²) >= 11 is 1.37. The average molecular weight is 304 g/mol. The molecule has 2 aromatic heterocycles. The fourth-order valence-corrected chi connectivity index (χ4v) is 2.98. The monoisotopic (exact) mass is 304 g/mol. The largest absolute Gasteiger partial charge is 0.379 e. The van der Waals surface area contributed by atoms with E-state index in [0.717, 1.165) is 12.1 Å². The molecule has 0 bridgehead atoms. The molecule has 0 aromatic carbocycles. The van der Waals surface area contributed by atoms with E-state index in [0.29, 0.717) is 31.2 Å². The molecule has 1 amide bonds. The summed E-state index contributed by atoms with van der Waals surface area (Å²) in [5, 5.41) is 0. The molecule has 1 saturated heterocycles. The van der Waals surface area contributed by atoms with Crippen molar-refractivity contribution < 1.29 is 9.53 Å². The van der Waals surface area contributed by atoms with E-state index in [4.69, 9.17) is 4.74 Å². The number of aromatic nitrogens is 3. The Balaban J connectivity index is 1.67. The molecule has 0 N–H and O–H groups in total. The van der Waals surface area contributed by atoms with Crippen molar-refractivity contribution in [3.63, 3.8) is 0 Å². The summed E-state index contributed by atoms with van der Waals surface area (Å²) in [6.45, 7) is 2.51. The Morgan fingerprint density at radius 3 is 3.10 bits per heavy atom. The molecule has 21 heavy (non-hydrogen) atoms. The first-order chi connectivity index (χ1) is 10.3. The van der Waals surface area contributed by atoms with Gasteiger partial charge in [0.25, 0.3) is 5.91 Å². The molecule has 1 unspecified atom stereocenters. The van der Waals surface area contributed by atoms with Crippen molar-refractivity contribution >= 4 is 17.2 Å². The number of rotatable bonds is 3. The smallest absolute Gasteiger partial charge is 0.265 e. The normalized spacial score (nSPS) is 19.2. The molecule has 110 valence electrons. The highest BCUT2D eigenvalue weighted by Gasteiger charge is 2.24. The summed E-state index contributed by atoms with van der Waals surface area (Å²) in [7, 11) is 0. The van der Waals surface area contributed by atoms with Gasteiger partial charge in [-0.25, -0.2) is 0 Å². The van der Waals surface area contributed by atoms with Gasteiger partial charge >= 0.3 is 0 Å². The lowest BCUT2D eigenvalue weighted by Crippen LogP contribution is -2.36. The molecule has 7 heteroatoms. The van der Waals surface area contributed by atoms with Crippen molar-refractivity contribution in [2.45, 2.75) is 6.42 Å². The van der Waals surface area contributed by atoms with E-state index in [1.54, 1.807) is 30.3 Å². The zero-order valence-electron chi connectivity index (χ0n) is 11.5. The second-order valence-electron chi connectivity index (χ2n) is 4.96. The highest BCUT2D eigenvalue weighted by Crippen LogP contribution is 2.16. The molecular weight excluding hydrogens is 288 g/mol. The van der Waals surface area contributed by atoms with Crippen LogP contribution in [0.4, 0.5) is 0 Å². The third kappa shape index (κ3) is 3.62. The second-order valence-corrected chi connectivity index (χ2v) is 5.85. The van der Waals surface area contributed by atoms with E-state index >= 15 is 0 Å². The summed E-state index contributed by atoms with van der Waals surface area (Å²) in [6, 6.07) is 0. The van der Waals surface area contributed by atoms with Crippen LogP contribution in [0.1, 0.15) is 15.4 Å². The summed E-state index contributed by atoms with van der Waals surface area (Å²) in [5.41, 5.74) is 2.61. The predicted molar refractivity (Wildman–Crippen MR) is 78.1 cm³/mol. The van der Waals surface area contributed by atoms with E-state index < -0.39 is 0 Å². The third-order valence-electron chi connectivity index (χ3n) is 3.38. The van der Waals surface area contributed by atoms with Crippen molar-refractivity contribution in [3.8, 4) is 0 Å². The third-order valence-corrected chi connectivity index (χ3v) is 4.14. The minimum Gasteiger partial charge on any atom is -0.379 e. The molecule has 2 aromatic rings. The maximum Gasteiger partial charge on any atom is 0.265 e. The highest BCUT2D eigenvalue weighted by atomic mass is 32.1. The van der Waals surface area contributed by atoms with Crippen LogP contribution in [0.25, 0.3) is 0 Å². The van der Waals surface area contributed by atoms with Crippen LogP contribution in [-0.4, -0.2) is 52.1 Å². The van der Waals surface area contributed by atoms with Gasteiger partial charge in [0.1, 0.15) is 4.88 Å². The lowest BCUT2D eigenvalue weighted by molar-refractivity contribution is 0.0742. The standard InChI is InChI=1S/C14H16N4O2S/c19-14(13-7-16-10-21-13)18-3-4-20-9-11(8-18)5-12-6-15-1-2-17-12/h1-2,6-7,10-11H,3-5,8-9H2. The fourth-order valence-electron chi connectivity index (χ4n) is 2.40. The van der Waals surface area contributed by atoms with Gasteiger partial charge in [-0.1, -0.05) is 0 Å². The molecule has 1 fully saturated rings. The lowest BCUT2D eigenvalue weighted by atomic mass is 10.0. The summed E-state index contributed by atoms with van der Waals surface area (Å²) in [6.07, 6.45) is 7.50. The molecule has 0 aliphatic carbocycles. The van der Waals surface area contributed by atoms with E-state index in [-0.39, 0.29) is 11.8 Å². The number of thiazole rings is 1. The van der Waals surface area contributed by atoms with Crippen molar-refractivity contribution in [2.24, 2.45) is 5.92 Å². The zero-order valence-corrected chi connectivity index (χ0v) is 12.3. The number of ether oxygens (including phenoxy) is 1. The molecule has 0 saturated carbocycles. The summed E-state index contributed by atoms with van der Waals surface area (Å²) in [4.78, 5) is 27.3. The van der Waals surface area contributed by atoms with Gasteiger partial charge in [-0.15, -0.1) is 11.3 Å². The first-order valence-electron chi connectivity index (χ1n) is 6.83. The van der Waals surface area contributed by atoms with E-state index in [2.05, 4.69) is 15.0 Å². The Kier molecular flexibility index (Phi) is 4.52. The average Bonchev–Trinajstić information content (AvgIpc) is 2.95. The molecular formula is C14H16N4O2S. The Bertz CT molecular complexity index is 576. The van der Waals surface area contributed by atoms with E-state index in [1.165, 1.54) is 11.3 Å². The fraction of sp³-hybridized carbons (Fsp3) is 0.429. The van der Waals surface area contributed by atoms with Gasteiger partial charge in [0.2, 0.25) is 0 Å². The van der Waals surface area contributed by atoms with Crippen molar-refractivity contribution in [3.05, 3.63) is 40.9 Å².